The van der Waals surface area contributed by atoms with E-state index in [-0.39, 0.29) is 28.3 Å². The molecule has 0 N–H and O–H groups in total. The van der Waals surface area contributed by atoms with Gasteiger partial charge in [0.15, 0.2) is 18.2 Å². The van der Waals surface area contributed by atoms with Gasteiger partial charge < -0.3 is 4.74 Å². The maximum absolute atomic E-state index is 13.6. The smallest absolute Gasteiger partial charge is 0.174 e. The van der Waals surface area contributed by atoms with Crippen molar-refractivity contribution in [2.24, 2.45) is 0 Å². The van der Waals surface area contributed by atoms with Crippen molar-refractivity contribution in [3.8, 4) is 11.8 Å². The fraction of sp³-hybridized carbons (Fsp3) is 0.364. The Kier molecular flexibility index (Phi) is 4.25. The Hall–Kier alpha value is -1.15. The molecular formula is C11H10BrF2NO. The highest BCUT2D eigenvalue weighted by Crippen LogP contribution is 2.34. The molecule has 0 aliphatic heterocycles. The Morgan fingerprint density at radius 1 is 1.44 bits per heavy atom. The van der Waals surface area contributed by atoms with E-state index < -0.39 is 11.6 Å². The van der Waals surface area contributed by atoms with Crippen molar-refractivity contribution >= 4 is 15.9 Å². The second kappa shape index (κ2) is 5.26. The first-order valence-electron chi connectivity index (χ1n) is 4.66. The summed E-state index contributed by atoms with van der Waals surface area (Å²) >= 11 is 2.89. The number of hydrogen-bond donors (Lipinski definition) is 0. The van der Waals surface area contributed by atoms with E-state index in [0.717, 1.165) is 0 Å². The molecule has 1 rings (SSSR count). The number of nitriles is 1. The second-order valence-corrected chi connectivity index (χ2v) is 4.35. The van der Waals surface area contributed by atoms with Crippen LogP contribution in [0.5, 0.6) is 5.75 Å². The number of rotatable bonds is 3. The van der Waals surface area contributed by atoms with Gasteiger partial charge in [0.1, 0.15) is 11.8 Å². The summed E-state index contributed by atoms with van der Waals surface area (Å²) in [6, 6.07) is 3.12. The van der Waals surface area contributed by atoms with E-state index in [1.165, 1.54) is 6.07 Å². The molecule has 0 saturated heterocycles. The molecule has 0 heterocycles. The van der Waals surface area contributed by atoms with E-state index in [2.05, 4.69) is 15.9 Å². The quantitative estimate of drug-likeness (QED) is 0.794. The molecule has 5 heteroatoms. The minimum atomic E-state index is -0.937. The van der Waals surface area contributed by atoms with Crippen LogP contribution in [0.4, 0.5) is 8.78 Å². The molecule has 1 aromatic carbocycles. The van der Waals surface area contributed by atoms with E-state index in [9.17, 15) is 8.78 Å². The van der Waals surface area contributed by atoms with Crippen molar-refractivity contribution in [2.75, 3.05) is 6.61 Å². The molecule has 86 valence electrons. The first-order chi connectivity index (χ1) is 7.49. The van der Waals surface area contributed by atoms with Gasteiger partial charge in [-0.25, -0.2) is 8.78 Å². The predicted octanol–water partition coefficient (Wildman–Crippen LogP) is 3.75. The Labute approximate surface area is 101 Å². The fourth-order valence-electron chi connectivity index (χ4n) is 1.35. The van der Waals surface area contributed by atoms with Gasteiger partial charge in [0, 0.05) is 5.56 Å². The molecule has 2 nitrogen and oxygen atoms in total. The van der Waals surface area contributed by atoms with E-state index in [1.807, 2.05) is 0 Å². The van der Waals surface area contributed by atoms with Crippen LogP contribution in [0.15, 0.2) is 10.5 Å². The number of hydrogen-bond acceptors (Lipinski definition) is 2. The first kappa shape index (κ1) is 12.9. The molecule has 0 bridgehead atoms. The van der Waals surface area contributed by atoms with Gasteiger partial charge in [-0.05, 0) is 27.9 Å². The lowest BCUT2D eigenvalue weighted by Crippen LogP contribution is -2.04. The van der Waals surface area contributed by atoms with Gasteiger partial charge in [0.05, 0.1) is 4.47 Å². The summed E-state index contributed by atoms with van der Waals surface area (Å²) in [6.45, 7) is 3.26. The van der Waals surface area contributed by atoms with Crippen LogP contribution in [0.1, 0.15) is 25.3 Å². The maximum atomic E-state index is 13.6. The normalized spacial score (nSPS) is 10.3. The first-order valence-corrected chi connectivity index (χ1v) is 5.45. The Morgan fingerprint density at radius 2 is 2.06 bits per heavy atom. The molecule has 0 atom stereocenters. The molecule has 0 unspecified atom stereocenters. The SMILES string of the molecule is CC(C)c1c(OCC#N)cc(Br)c(F)c1F. The number of benzene rings is 1. The van der Waals surface area contributed by atoms with Gasteiger partial charge in [-0.15, -0.1) is 0 Å². The lowest BCUT2D eigenvalue weighted by Gasteiger charge is -2.14. The van der Waals surface area contributed by atoms with Crippen LogP contribution in [-0.4, -0.2) is 6.61 Å². The largest absolute Gasteiger partial charge is 0.478 e. The monoisotopic (exact) mass is 289 g/mol. The summed E-state index contributed by atoms with van der Waals surface area (Å²) in [7, 11) is 0. The third kappa shape index (κ3) is 2.50. The highest BCUT2D eigenvalue weighted by atomic mass is 79.9. The summed E-state index contributed by atoms with van der Waals surface area (Å²) in [4.78, 5) is 0. The summed E-state index contributed by atoms with van der Waals surface area (Å²) in [5.41, 5.74) is 0.149. The van der Waals surface area contributed by atoms with Crippen molar-refractivity contribution in [3.05, 3.63) is 27.7 Å². The molecule has 16 heavy (non-hydrogen) atoms. The summed E-state index contributed by atoms with van der Waals surface area (Å²) in [6.07, 6.45) is 0. The van der Waals surface area contributed by atoms with Crippen LogP contribution < -0.4 is 4.74 Å². The summed E-state index contributed by atoms with van der Waals surface area (Å²) in [5.74, 6) is -1.90. The number of nitrogens with zero attached hydrogens (tertiary/aromatic N) is 1. The predicted molar refractivity (Wildman–Crippen MR) is 59.3 cm³/mol. The minimum absolute atomic E-state index is 0.0117. The zero-order chi connectivity index (χ0) is 12.3. The molecule has 0 aromatic heterocycles. The van der Waals surface area contributed by atoms with Gasteiger partial charge in [-0.3, -0.25) is 0 Å². The van der Waals surface area contributed by atoms with Crippen LogP contribution in [0.25, 0.3) is 0 Å². The Balaban J connectivity index is 3.30. The van der Waals surface area contributed by atoms with E-state index in [1.54, 1.807) is 19.9 Å². The summed E-state index contributed by atoms with van der Waals surface area (Å²) < 4.78 is 32.0. The second-order valence-electron chi connectivity index (χ2n) is 3.50. The molecule has 0 amide bonds. The molecular weight excluding hydrogens is 280 g/mol. The zero-order valence-corrected chi connectivity index (χ0v) is 10.4. The molecule has 0 fully saturated rings. The average molecular weight is 290 g/mol. The minimum Gasteiger partial charge on any atom is -0.478 e. The fourth-order valence-corrected chi connectivity index (χ4v) is 1.74. The van der Waals surface area contributed by atoms with Crippen LogP contribution in [-0.2, 0) is 0 Å². The van der Waals surface area contributed by atoms with Gasteiger partial charge in [-0.2, -0.15) is 5.26 Å². The summed E-state index contributed by atoms with van der Waals surface area (Å²) in [5, 5.41) is 8.40. The maximum Gasteiger partial charge on any atom is 0.174 e. The van der Waals surface area contributed by atoms with Crippen LogP contribution in [0.3, 0.4) is 0 Å². The van der Waals surface area contributed by atoms with Crippen molar-refractivity contribution in [1.29, 1.82) is 5.26 Å². The molecule has 0 spiro atoms. The zero-order valence-electron chi connectivity index (χ0n) is 8.85. The van der Waals surface area contributed by atoms with E-state index in [0.29, 0.717) is 0 Å². The number of ether oxygens (including phenoxy) is 1. The van der Waals surface area contributed by atoms with Crippen molar-refractivity contribution in [2.45, 2.75) is 19.8 Å². The van der Waals surface area contributed by atoms with Gasteiger partial charge in [0.25, 0.3) is 0 Å². The van der Waals surface area contributed by atoms with Crippen molar-refractivity contribution < 1.29 is 13.5 Å². The van der Waals surface area contributed by atoms with Crippen LogP contribution in [0.2, 0.25) is 0 Å². The molecule has 0 aliphatic carbocycles. The van der Waals surface area contributed by atoms with Crippen molar-refractivity contribution in [3.63, 3.8) is 0 Å². The lowest BCUT2D eigenvalue weighted by molar-refractivity contribution is 0.354. The van der Waals surface area contributed by atoms with E-state index >= 15 is 0 Å². The van der Waals surface area contributed by atoms with Crippen LogP contribution >= 0.6 is 15.9 Å². The molecule has 1 aromatic rings. The Morgan fingerprint density at radius 3 is 2.56 bits per heavy atom. The highest BCUT2D eigenvalue weighted by molar-refractivity contribution is 9.10. The van der Waals surface area contributed by atoms with Gasteiger partial charge in [0.2, 0.25) is 0 Å². The topological polar surface area (TPSA) is 33.0 Å². The third-order valence-corrected chi connectivity index (χ3v) is 2.61. The Bertz CT molecular complexity index is 441. The molecule has 0 radical (unpaired) electrons. The van der Waals surface area contributed by atoms with E-state index in [4.69, 9.17) is 10.00 Å². The lowest BCUT2D eigenvalue weighted by atomic mass is 10.0. The number of halogens is 3. The average Bonchev–Trinajstić information content (AvgIpc) is 2.22. The van der Waals surface area contributed by atoms with Gasteiger partial charge >= 0.3 is 0 Å². The molecule has 0 saturated carbocycles. The van der Waals surface area contributed by atoms with Gasteiger partial charge in [-0.1, -0.05) is 13.8 Å². The molecule has 0 aliphatic rings. The van der Waals surface area contributed by atoms with Crippen LogP contribution in [0, 0.1) is 23.0 Å². The highest BCUT2D eigenvalue weighted by Gasteiger charge is 2.20. The standard InChI is InChI=1S/C11H10BrF2NO/c1-6(2)9-8(16-4-3-15)5-7(12)10(13)11(9)14/h5-6H,4H2,1-2H3. The third-order valence-electron chi connectivity index (χ3n) is 2.03. The van der Waals surface area contributed by atoms with Crippen molar-refractivity contribution in [1.82, 2.24) is 0 Å².